The van der Waals surface area contributed by atoms with Gasteiger partial charge in [0, 0.05) is 30.2 Å². The average Bonchev–Trinajstić information content (AvgIpc) is 3.00. The summed E-state index contributed by atoms with van der Waals surface area (Å²) >= 11 is 5.84. The standard InChI is InChI=1S/C18H16ClFN4O/c1-24-10-9-21-17(24)16(12-3-2-4-14(20)11-12)23-18(25)22-15-7-5-13(19)6-8-15/h2-11,16H,1H3,(H2,22,23,25)/t16-/m0/s1. The number of rotatable bonds is 4. The molecule has 2 aromatic carbocycles. The summed E-state index contributed by atoms with van der Waals surface area (Å²) < 4.78 is 15.4. The first kappa shape index (κ1) is 17.0. The number of anilines is 1. The van der Waals surface area contributed by atoms with Crippen LogP contribution in [0.2, 0.25) is 5.02 Å². The molecule has 0 aliphatic rings. The van der Waals surface area contributed by atoms with E-state index < -0.39 is 12.1 Å². The van der Waals surface area contributed by atoms with E-state index in [9.17, 15) is 9.18 Å². The van der Waals surface area contributed by atoms with Crippen LogP contribution in [-0.2, 0) is 7.05 Å². The zero-order valence-corrected chi connectivity index (χ0v) is 14.2. The van der Waals surface area contributed by atoms with E-state index in [-0.39, 0.29) is 5.82 Å². The number of hydrogen-bond donors (Lipinski definition) is 2. The fourth-order valence-corrected chi connectivity index (χ4v) is 2.60. The predicted octanol–water partition coefficient (Wildman–Crippen LogP) is 4.12. The molecule has 25 heavy (non-hydrogen) atoms. The van der Waals surface area contributed by atoms with Gasteiger partial charge in [0.25, 0.3) is 0 Å². The van der Waals surface area contributed by atoms with Crippen LogP contribution < -0.4 is 10.6 Å². The van der Waals surface area contributed by atoms with Gasteiger partial charge in [-0.25, -0.2) is 14.2 Å². The molecule has 0 fully saturated rings. The molecule has 0 aliphatic heterocycles. The summed E-state index contributed by atoms with van der Waals surface area (Å²) in [6.45, 7) is 0. The summed E-state index contributed by atoms with van der Waals surface area (Å²) in [5.74, 6) is 0.216. The number of aryl methyl sites for hydroxylation is 1. The molecule has 0 radical (unpaired) electrons. The number of urea groups is 1. The number of halogens is 2. The van der Waals surface area contributed by atoms with Gasteiger partial charge in [-0.1, -0.05) is 23.7 Å². The Morgan fingerprint density at radius 2 is 2.00 bits per heavy atom. The molecule has 3 aromatic rings. The van der Waals surface area contributed by atoms with E-state index in [1.807, 2.05) is 7.05 Å². The number of nitrogens with zero attached hydrogens (tertiary/aromatic N) is 2. The highest BCUT2D eigenvalue weighted by atomic mass is 35.5. The van der Waals surface area contributed by atoms with E-state index in [2.05, 4.69) is 15.6 Å². The van der Waals surface area contributed by atoms with Crippen molar-refractivity contribution in [1.82, 2.24) is 14.9 Å². The number of amides is 2. The van der Waals surface area contributed by atoms with Gasteiger partial charge in [-0.15, -0.1) is 0 Å². The van der Waals surface area contributed by atoms with Crippen LogP contribution in [0.5, 0.6) is 0 Å². The zero-order valence-electron chi connectivity index (χ0n) is 13.4. The molecule has 0 bridgehead atoms. The van der Waals surface area contributed by atoms with E-state index in [4.69, 9.17) is 11.6 Å². The summed E-state index contributed by atoms with van der Waals surface area (Å²) in [5.41, 5.74) is 1.19. The number of carbonyl (C=O) groups is 1. The third kappa shape index (κ3) is 4.16. The van der Waals surface area contributed by atoms with E-state index in [0.29, 0.717) is 22.1 Å². The van der Waals surface area contributed by atoms with Crippen molar-refractivity contribution >= 4 is 23.3 Å². The molecule has 0 aliphatic carbocycles. The fraction of sp³-hybridized carbons (Fsp3) is 0.111. The number of nitrogens with one attached hydrogen (secondary N) is 2. The average molecular weight is 359 g/mol. The molecule has 128 valence electrons. The second-order valence-electron chi connectivity index (χ2n) is 5.49. The molecular weight excluding hydrogens is 343 g/mol. The second kappa shape index (κ2) is 7.36. The normalized spacial score (nSPS) is 11.8. The Kier molecular flexibility index (Phi) is 5.00. The highest BCUT2D eigenvalue weighted by Crippen LogP contribution is 2.21. The fourth-order valence-electron chi connectivity index (χ4n) is 2.47. The molecule has 5 nitrogen and oxygen atoms in total. The summed E-state index contributed by atoms with van der Waals surface area (Å²) in [6, 6.07) is 11.8. The van der Waals surface area contributed by atoms with Crippen LogP contribution in [0.25, 0.3) is 0 Å². The van der Waals surface area contributed by atoms with Gasteiger partial charge in [-0.05, 0) is 42.0 Å². The van der Waals surface area contributed by atoms with Gasteiger partial charge in [0.2, 0.25) is 0 Å². The monoisotopic (exact) mass is 358 g/mol. The maximum absolute atomic E-state index is 13.6. The van der Waals surface area contributed by atoms with Crippen LogP contribution in [0.4, 0.5) is 14.9 Å². The minimum Gasteiger partial charge on any atom is -0.336 e. The number of hydrogen-bond acceptors (Lipinski definition) is 2. The number of imidazole rings is 1. The lowest BCUT2D eigenvalue weighted by Gasteiger charge is -2.19. The minimum absolute atomic E-state index is 0.378. The van der Waals surface area contributed by atoms with Crippen molar-refractivity contribution in [3.63, 3.8) is 0 Å². The number of carbonyl (C=O) groups excluding carboxylic acids is 1. The largest absolute Gasteiger partial charge is 0.336 e. The maximum atomic E-state index is 13.6. The van der Waals surface area contributed by atoms with Gasteiger partial charge in [0.1, 0.15) is 17.7 Å². The first-order valence-electron chi connectivity index (χ1n) is 7.59. The van der Waals surface area contributed by atoms with Crippen molar-refractivity contribution < 1.29 is 9.18 Å². The summed E-state index contributed by atoms with van der Waals surface area (Å²) in [7, 11) is 1.81. The van der Waals surface area contributed by atoms with Crippen molar-refractivity contribution in [2.45, 2.75) is 6.04 Å². The third-order valence-electron chi connectivity index (χ3n) is 3.68. The second-order valence-corrected chi connectivity index (χ2v) is 5.93. The van der Waals surface area contributed by atoms with Crippen LogP contribution in [0, 0.1) is 5.82 Å². The molecule has 1 aromatic heterocycles. The van der Waals surface area contributed by atoms with Gasteiger partial charge in [-0.3, -0.25) is 0 Å². The van der Waals surface area contributed by atoms with Crippen molar-refractivity contribution in [2.75, 3.05) is 5.32 Å². The van der Waals surface area contributed by atoms with Crippen LogP contribution >= 0.6 is 11.6 Å². The Bertz CT molecular complexity index is 879. The predicted molar refractivity (Wildman–Crippen MR) is 95.1 cm³/mol. The van der Waals surface area contributed by atoms with Gasteiger partial charge >= 0.3 is 6.03 Å². The quantitative estimate of drug-likeness (QED) is 0.737. The lowest BCUT2D eigenvalue weighted by molar-refractivity contribution is 0.249. The van der Waals surface area contributed by atoms with Gasteiger partial charge in [0.05, 0.1) is 0 Å². The molecule has 2 N–H and O–H groups in total. The van der Waals surface area contributed by atoms with E-state index in [0.717, 1.165) is 0 Å². The minimum atomic E-state index is -0.594. The molecule has 0 saturated heterocycles. The van der Waals surface area contributed by atoms with E-state index in [1.165, 1.54) is 12.1 Å². The molecule has 0 unspecified atom stereocenters. The number of aromatic nitrogens is 2. The lowest BCUT2D eigenvalue weighted by Crippen LogP contribution is -2.34. The number of benzene rings is 2. The van der Waals surface area contributed by atoms with Crippen LogP contribution in [-0.4, -0.2) is 15.6 Å². The lowest BCUT2D eigenvalue weighted by atomic mass is 10.1. The summed E-state index contributed by atoms with van der Waals surface area (Å²) in [4.78, 5) is 16.7. The molecule has 3 rings (SSSR count). The molecule has 0 spiro atoms. The topological polar surface area (TPSA) is 59.0 Å². The molecule has 0 saturated carbocycles. The molecular formula is C18H16ClFN4O. The Hall–Kier alpha value is -2.86. The van der Waals surface area contributed by atoms with Crippen molar-refractivity contribution in [1.29, 1.82) is 0 Å². The molecule has 2 amide bonds. The van der Waals surface area contributed by atoms with Crippen LogP contribution in [0.1, 0.15) is 17.4 Å². The van der Waals surface area contributed by atoms with Crippen LogP contribution in [0.3, 0.4) is 0 Å². The first-order chi connectivity index (χ1) is 12.0. The Morgan fingerprint density at radius 1 is 1.24 bits per heavy atom. The van der Waals surface area contributed by atoms with Crippen molar-refractivity contribution in [3.8, 4) is 0 Å². The van der Waals surface area contributed by atoms with E-state index >= 15 is 0 Å². The Labute approximate surface area is 149 Å². The molecule has 7 heteroatoms. The Morgan fingerprint density at radius 3 is 2.64 bits per heavy atom. The van der Waals surface area contributed by atoms with Gasteiger partial charge in [0.15, 0.2) is 0 Å². The van der Waals surface area contributed by atoms with E-state index in [1.54, 1.807) is 53.4 Å². The maximum Gasteiger partial charge on any atom is 0.320 e. The third-order valence-corrected chi connectivity index (χ3v) is 3.93. The molecule has 1 heterocycles. The highest BCUT2D eigenvalue weighted by Gasteiger charge is 2.21. The summed E-state index contributed by atoms with van der Waals surface area (Å²) in [6.07, 6.45) is 3.39. The first-order valence-corrected chi connectivity index (χ1v) is 7.96. The highest BCUT2D eigenvalue weighted by molar-refractivity contribution is 6.30. The SMILES string of the molecule is Cn1ccnc1[C@@H](NC(=O)Nc1ccc(Cl)cc1)c1cccc(F)c1. The smallest absolute Gasteiger partial charge is 0.320 e. The van der Waals surface area contributed by atoms with Crippen LogP contribution in [0.15, 0.2) is 60.9 Å². The zero-order chi connectivity index (χ0) is 17.8. The summed E-state index contributed by atoms with van der Waals surface area (Å²) in [5, 5.41) is 6.14. The molecule has 1 atom stereocenters. The van der Waals surface area contributed by atoms with Crippen molar-refractivity contribution in [2.24, 2.45) is 7.05 Å². The van der Waals surface area contributed by atoms with Gasteiger partial charge in [-0.2, -0.15) is 0 Å². The van der Waals surface area contributed by atoms with Crippen molar-refractivity contribution in [3.05, 3.63) is 83.2 Å². The Balaban J connectivity index is 1.83. The van der Waals surface area contributed by atoms with Gasteiger partial charge < -0.3 is 15.2 Å².